The van der Waals surface area contributed by atoms with Gasteiger partial charge in [-0.2, -0.15) is 4.98 Å². The fourth-order valence-corrected chi connectivity index (χ4v) is 2.57. The van der Waals surface area contributed by atoms with Gasteiger partial charge in [-0.3, -0.25) is 13.9 Å². The summed E-state index contributed by atoms with van der Waals surface area (Å²) in [7, 11) is 3.14. The molecule has 1 N–H and O–H groups in total. The summed E-state index contributed by atoms with van der Waals surface area (Å²) in [4.78, 5) is 28.6. The van der Waals surface area contributed by atoms with Crippen LogP contribution in [0.1, 0.15) is 19.3 Å². The van der Waals surface area contributed by atoms with Crippen LogP contribution in [0.3, 0.4) is 0 Å². The minimum Gasteiger partial charge on any atom is -0.356 e. The fraction of sp³-hybridized carbons (Fsp3) is 0.583. The molecule has 102 valence electrons. The molecule has 2 aromatic rings. The first-order chi connectivity index (χ1) is 9.11. The molecule has 0 fully saturated rings. The molecule has 3 rings (SSSR count). The molecule has 0 aliphatic carbocycles. The van der Waals surface area contributed by atoms with E-state index in [0.717, 1.165) is 36.9 Å². The van der Waals surface area contributed by atoms with Crippen LogP contribution in [-0.2, 0) is 20.6 Å². The van der Waals surface area contributed by atoms with E-state index >= 15 is 0 Å². The van der Waals surface area contributed by atoms with Gasteiger partial charge in [0.1, 0.15) is 0 Å². The van der Waals surface area contributed by atoms with Gasteiger partial charge >= 0.3 is 5.69 Å². The monoisotopic (exact) mass is 263 g/mol. The first kappa shape index (κ1) is 12.0. The molecule has 2 aromatic heterocycles. The van der Waals surface area contributed by atoms with Gasteiger partial charge in [-0.05, 0) is 19.3 Å². The van der Waals surface area contributed by atoms with E-state index in [2.05, 4.69) is 10.3 Å². The molecule has 0 amide bonds. The highest BCUT2D eigenvalue weighted by molar-refractivity contribution is 5.74. The fourth-order valence-electron chi connectivity index (χ4n) is 2.57. The van der Waals surface area contributed by atoms with Crippen molar-refractivity contribution in [2.75, 3.05) is 11.9 Å². The predicted octanol–water partition coefficient (Wildman–Crippen LogP) is 0.0295. The van der Waals surface area contributed by atoms with E-state index in [4.69, 9.17) is 0 Å². The number of nitrogens with one attached hydrogen (secondary N) is 1. The molecular weight excluding hydrogens is 246 g/mol. The standard InChI is InChI=1S/C12H17N5O2/c1-15-9-8(10(18)16(2)12(15)19)17-7-5-3-4-6-13-11(17)14-9/h3-7H2,1-2H3,(H,13,14). The SMILES string of the molecule is Cn1c(=O)c2c(nc3n2CCCCCN3)n(C)c1=O. The van der Waals surface area contributed by atoms with Crippen LogP contribution < -0.4 is 16.6 Å². The highest BCUT2D eigenvalue weighted by Gasteiger charge is 2.19. The van der Waals surface area contributed by atoms with Gasteiger partial charge in [-0.25, -0.2) is 4.79 Å². The van der Waals surface area contributed by atoms with Crippen molar-refractivity contribution in [2.24, 2.45) is 14.1 Å². The summed E-state index contributed by atoms with van der Waals surface area (Å²) in [6.45, 7) is 1.60. The van der Waals surface area contributed by atoms with E-state index in [1.54, 1.807) is 7.05 Å². The zero-order valence-electron chi connectivity index (χ0n) is 11.1. The second-order valence-electron chi connectivity index (χ2n) is 4.95. The first-order valence-electron chi connectivity index (χ1n) is 6.51. The lowest BCUT2D eigenvalue weighted by molar-refractivity contribution is 0.586. The van der Waals surface area contributed by atoms with Gasteiger partial charge in [0, 0.05) is 27.2 Å². The summed E-state index contributed by atoms with van der Waals surface area (Å²) >= 11 is 0. The van der Waals surface area contributed by atoms with Crippen molar-refractivity contribution in [2.45, 2.75) is 25.8 Å². The summed E-state index contributed by atoms with van der Waals surface area (Å²) in [5.41, 5.74) is 0.342. The van der Waals surface area contributed by atoms with Crippen LogP contribution in [0.2, 0.25) is 0 Å². The average molecular weight is 263 g/mol. The maximum atomic E-state index is 12.3. The summed E-state index contributed by atoms with van der Waals surface area (Å²) in [5.74, 6) is 0.688. The van der Waals surface area contributed by atoms with Crippen molar-refractivity contribution in [3.63, 3.8) is 0 Å². The van der Waals surface area contributed by atoms with Gasteiger partial charge in [0.25, 0.3) is 5.56 Å². The molecule has 0 bridgehead atoms. The lowest BCUT2D eigenvalue weighted by Crippen LogP contribution is -2.37. The van der Waals surface area contributed by atoms with Crippen molar-refractivity contribution in [1.29, 1.82) is 0 Å². The molecule has 7 nitrogen and oxygen atoms in total. The summed E-state index contributed by atoms with van der Waals surface area (Å²) in [5, 5.41) is 3.24. The Morgan fingerprint density at radius 2 is 1.89 bits per heavy atom. The van der Waals surface area contributed by atoms with Crippen LogP contribution in [0, 0.1) is 0 Å². The van der Waals surface area contributed by atoms with Gasteiger partial charge in [0.2, 0.25) is 5.95 Å². The Kier molecular flexibility index (Phi) is 2.69. The molecule has 0 atom stereocenters. The third-order valence-electron chi connectivity index (χ3n) is 3.69. The maximum Gasteiger partial charge on any atom is 0.332 e. The lowest BCUT2D eigenvalue weighted by atomic mass is 10.2. The number of fused-ring (bicyclic) bond motifs is 3. The molecule has 7 heteroatoms. The van der Waals surface area contributed by atoms with E-state index in [9.17, 15) is 9.59 Å². The molecule has 0 aromatic carbocycles. The Morgan fingerprint density at radius 3 is 2.68 bits per heavy atom. The van der Waals surface area contributed by atoms with Crippen LogP contribution in [0.25, 0.3) is 11.2 Å². The molecule has 1 aliphatic heterocycles. The van der Waals surface area contributed by atoms with Gasteiger partial charge in [0.05, 0.1) is 0 Å². The van der Waals surface area contributed by atoms with Gasteiger partial charge in [-0.1, -0.05) is 0 Å². The Bertz CT molecular complexity index is 752. The molecule has 0 saturated carbocycles. The summed E-state index contributed by atoms with van der Waals surface area (Å²) in [6.07, 6.45) is 3.24. The van der Waals surface area contributed by atoms with Crippen LogP contribution in [0.5, 0.6) is 0 Å². The van der Waals surface area contributed by atoms with Gasteiger partial charge < -0.3 is 9.88 Å². The Labute approximate surface area is 109 Å². The number of imidazole rings is 1. The van der Waals surface area contributed by atoms with Crippen molar-refractivity contribution < 1.29 is 0 Å². The highest BCUT2D eigenvalue weighted by Crippen LogP contribution is 2.18. The molecule has 1 aliphatic rings. The molecule has 0 unspecified atom stereocenters. The number of aryl methyl sites for hydroxylation is 2. The number of hydrogen-bond donors (Lipinski definition) is 1. The number of hydrogen-bond acceptors (Lipinski definition) is 4. The topological polar surface area (TPSA) is 73.8 Å². The molecule has 19 heavy (non-hydrogen) atoms. The lowest BCUT2D eigenvalue weighted by Gasteiger charge is -2.13. The normalized spacial score (nSPS) is 15.7. The smallest absolute Gasteiger partial charge is 0.332 e. The second-order valence-corrected chi connectivity index (χ2v) is 4.95. The molecule has 0 spiro atoms. The summed E-state index contributed by atoms with van der Waals surface area (Å²) < 4.78 is 4.46. The van der Waals surface area contributed by atoms with E-state index in [1.807, 2.05) is 4.57 Å². The minimum atomic E-state index is -0.344. The van der Waals surface area contributed by atoms with Crippen molar-refractivity contribution in [3.05, 3.63) is 20.8 Å². The molecule has 0 saturated heterocycles. The van der Waals surface area contributed by atoms with Crippen LogP contribution in [-0.4, -0.2) is 25.2 Å². The van der Waals surface area contributed by atoms with E-state index in [1.165, 1.54) is 11.6 Å². The Morgan fingerprint density at radius 1 is 1.11 bits per heavy atom. The largest absolute Gasteiger partial charge is 0.356 e. The first-order valence-corrected chi connectivity index (χ1v) is 6.51. The van der Waals surface area contributed by atoms with Crippen molar-refractivity contribution >= 4 is 17.1 Å². The number of anilines is 1. The van der Waals surface area contributed by atoms with Gasteiger partial charge in [-0.15, -0.1) is 0 Å². The number of rotatable bonds is 0. The van der Waals surface area contributed by atoms with Crippen LogP contribution >= 0.6 is 0 Å². The van der Waals surface area contributed by atoms with Crippen LogP contribution in [0.15, 0.2) is 9.59 Å². The van der Waals surface area contributed by atoms with E-state index in [0.29, 0.717) is 17.1 Å². The molecule has 3 heterocycles. The molecular formula is C12H17N5O2. The van der Waals surface area contributed by atoms with E-state index in [-0.39, 0.29) is 11.2 Å². The van der Waals surface area contributed by atoms with Gasteiger partial charge in [0.15, 0.2) is 11.2 Å². The third-order valence-corrected chi connectivity index (χ3v) is 3.69. The zero-order valence-corrected chi connectivity index (χ0v) is 11.1. The number of nitrogens with zero attached hydrogens (tertiary/aromatic N) is 4. The van der Waals surface area contributed by atoms with Crippen molar-refractivity contribution in [1.82, 2.24) is 18.7 Å². The third kappa shape index (κ3) is 1.68. The Hall–Kier alpha value is -2.05. The van der Waals surface area contributed by atoms with Crippen LogP contribution in [0.4, 0.5) is 5.95 Å². The second kappa shape index (κ2) is 4.25. The molecule has 0 radical (unpaired) electrons. The van der Waals surface area contributed by atoms with E-state index < -0.39 is 0 Å². The zero-order chi connectivity index (χ0) is 13.6. The number of aromatic nitrogens is 4. The predicted molar refractivity (Wildman–Crippen MR) is 72.6 cm³/mol. The summed E-state index contributed by atoms with van der Waals surface area (Å²) in [6, 6.07) is 0. The Balaban J connectivity index is 2.40. The highest BCUT2D eigenvalue weighted by atomic mass is 16.2. The average Bonchev–Trinajstić information content (AvgIpc) is 2.72. The minimum absolute atomic E-state index is 0.278. The van der Waals surface area contributed by atoms with Crippen molar-refractivity contribution in [3.8, 4) is 0 Å². The quantitative estimate of drug-likeness (QED) is 0.727. The maximum absolute atomic E-state index is 12.3.